The molecule has 2 rings (SSSR count). The van der Waals surface area contributed by atoms with Gasteiger partial charge in [-0.3, -0.25) is 0 Å². The number of carboxylic acid groups (broad SMARTS) is 1. The number of hydrogen-bond donors (Lipinski definition) is 2. The van der Waals surface area contributed by atoms with E-state index < -0.39 is 5.97 Å². The maximum absolute atomic E-state index is 11.2. The third-order valence-electron chi connectivity index (χ3n) is 2.65. The minimum absolute atomic E-state index is 0.0338. The Morgan fingerprint density at radius 2 is 1.90 bits per heavy atom. The zero-order chi connectivity index (χ0) is 14.9. The molecule has 0 aliphatic heterocycles. The predicted molar refractivity (Wildman–Crippen MR) is 77.6 cm³/mol. The highest BCUT2D eigenvalue weighted by Crippen LogP contribution is 2.38. The SMILES string of the molecule is COc1c(C(=O)O)nc(-c2ccc(Cl)cc2)c(Cl)c1N. The van der Waals surface area contributed by atoms with Gasteiger partial charge in [0.25, 0.3) is 0 Å². The van der Waals surface area contributed by atoms with E-state index in [0.29, 0.717) is 10.6 Å². The molecule has 3 N–H and O–H groups in total. The molecule has 0 atom stereocenters. The summed E-state index contributed by atoms with van der Waals surface area (Å²) in [6.07, 6.45) is 0. The van der Waals surface area contributed by atoms with E-state index in [9.17, 15) is 4.79 Å². The van der Waals surface area contributed by atoms with Gasteiger partial charge in [-0.25, -0.2) is 9.78 Å². The number of aromatic carboxylic acids is 1. The maximum atomic E-state index is 11.2. The lowest BCUT2D eigenvalue weighted by Gasteiger charge is -2.13. The smallest absolute Gasteiger partial charge is 0.358 e. The molecule has 5 nitrogen and oxygen atoms in total. The van der Waals surface area contributed by atoms with Gasteiger partial charge in [-0.1, -0.05) is 35.3 Å². The standard InChI is InChI=1S/C13H10Cl2N2O3/c1-20-12-9(16)8(15)10(17-11(12)13(18)19)6-2-4-7(14)5-3-6/h2-5H,1H3,(H2,16,17)(H,18,19). The minimum atomic E-state index is -1.25. The first-order valence-electron chi connectivity index (χ1n) is 5.48. The summed E-state index contributed by atoms with van der Waals surface area (Å²) in [7, 11) is 1.30. The topological polar surface area (TPSA) is 85.4 Å². The minimum Gasteiger partial charge on any atom is -0.492 e. The van der Waals surface area contributed by atoms with Crippen LogP contribution in [0.25, 0.3) is 11.3 Å². The number of pyridine rings is 1. The summed E-state index contributed by atoms with van der Waals surface area (Å²) in [6.45, 7) is 0. The molecule has 20 heavy (non-hydrogen) atoms. The van der Waals surface area contributed by atoms with Crippen molar-refractivity contribution in [3.05, 3.63) is 40.0 Å². The van der Waals surface area contributed by atoms with Crippen molar-refractivity contribution in [3.63, 3.8) is 0 Å². The highest BCUT2D eigenvalue weighted by molar-refractivity contribution is 6.36. The Morgan fingerprint density at radius 3 is 2.40 bits per heavy atom. The van der Waals surface area contributed by atoms with Gasteiger partial charge in [-0.2, -0.15) is 0 Å². The van der Waals surface area contributed by atoms with Crippen LogP contribution < -0.4 is 10.5 Å². The Kier molecular flexibility index (Phi) is 4.01. The lowest BCUT2D eigenvalue weighted by atomic mass is 10.1. The highest BCUT2D eigenvalue weighted by Gasteiger charge is 2.22. The van der Waals surface area contributed by atoms with E-state index >= 15 is 0 Å². The molecule has 1 heterocycles. The van der Waals surface area contributed by atoms with Gasteiger partial charge in [0.1, 0.15) is 0 Å². The number of anilines is 1. The monoisotopic (exact) mass is 312 g/mol. The summed E-state index contributed by atoms with van der Waals surface area (Å²) < 4.78 is 4.95. The molecule has 0 radical (unpaired) electrons. The summed E-state index contributed by atoms with van der Waals surface area (Å²) in [5.74, 6) is -1.30. The zero-order valence-electron chi connectivity index (χ0n) is 10.4. The van der Waals surface area contributed by atoms with Crippen molar-refractivity contribution in [2.24, 2.45) is 0 Å². The number of nitrogens with two attached hydrogens (primary N) is 1. The summed E-state index contributed by atoms with van der Waals surface area (Å²) in [5.41, 5.74) is 6.43. The molecule has 0 unspecified atom stereocenters. The van der Waals surface area contributed by atoms with Gasteiger partial charge >= 0.3 is 5.97 Å². The molecule has 0 spiro atoms. The summed E-state index contributed by atoms with van der Waals surface area (Å²) >= 11 is 11.9. The van der Waals surface area contributed by atoms with E-state index in [1.165, 1.54) is 7.11 Å². The Bertz CT molecular complexity index is 672. The molecule has 0 saturated heterocycles. The van der Waals surface area contributed by atoms with E-state index in [1.54, 1.807) is 24.3 Å². The fourth-order valence-electron chi connectivity index (χ4n) is 1.72. The first-order chi connectivity index (χ1) is 9.45. The van der Waals surface area contributed by atoms with Crippen molar-refractivity contribution < 1.29 is 14.6 Å². The Hall–Kier alpha value is -1.98. The molecule has 0 fully saturated rings. The predicted octanol–water partition coefficient (Wildman–Crippen LogP) is 3.34. The number of halogens is 2. The van der Waals surface area contributed by atoms with E-state index in [-0.39, 0.29) is 27.8 Å². The van der Waals surface area contributed by atoms with Gasteiger partial charge < -0.3 is 15.6 Å². The lowest BCUT2D eigenvalue weighted by molar-refractivity contribution is 0.0687. The third kappa shape index (κ3) is 2.50. The Labute approximate surface area is 124 Å². The maximum Gasteiger partial charge on any atom is 0.358 e. The average molecular weight is 313 g/mol. The van der Waals surface area contributed by atoms with Crippen molar-refractivity contribution in [1.82, 2.24) is 4.98 Å². The first kappa shape index (κ1) is 14.4. The number of benzene rings is 1. The first-order valence-corrected chi connectivity index (χ1v) is 6.23. The molecule has 1 aromatic heterocycles. The van der Waals surface area contributed by atoms with Crippen LogP contribution in [0.3, 0.4) is 0 Å². The van der Waals surface area contributed by atoms with Gasteiger partial charge in [-0.05, 0) is 12.1 Å². The van der Waals surface area contributed by atoms with Gasteiger partial charge in [0, 0.05) is 10.6 Å². The molecule has 0 aliphatic rings. The molecule has 7 heteroatoms. The van der Waals surface area contributed by atoms with Crippen LogP contribution in [0.15, 0.2) is 24.3 Å². The molecule has 2 aromatic rings. The van der Waals surface area contributed by atoms with Crippen molar-refractivity contribution in [3.8, 4) is 17.0 Å². The Balaban J connectivity index is 2.71. The van der Waals surface area contributed by atoms with Crippen LogP contribution in [-0.4, -0.2) is 23.2 Å². The normalized spacial score (nSPS) is 10.3. The number of carboxylic acids is 1. The fourth-order valence-corrected chi connectivity index (χ4v) is 2.08. The Morgan fingerprint density at radius 1 is 1.30 bits per heavy atom. The van der Waals surface area contributed by atoms with Gasteiger partial charge in [0.05, 0.1) is 23.5 Å². The second kappa shape index (κ2) is 5.56. The van der Waals surface area contributed by atoms with Crippen LogP contribution in [0.1, 0.15) is 10.5 Å². The molecule has 0 aliphatic carbocycles. The molecular weight excluding hydrogens is 303 g/mol. The highest BCUT2D eigenvalue weighted by atomic mass is 35.5. The molecule has 0 saturated carbocycles. The molecule has 1 aromatic carbocycles. The second-order valence-electron chi connectivity index (χ2n) is 3.88. The molecule has 0 bridgehead atoms. The summed E-state index contributed by atoms with van der Waals surface area (Å²) in [4.78, 5) is 15.2. The number of carbonyl (C=O) groups is 1. The fraction of sp³-hybridized carbons (Fsp3) is 0.0769. The van der Waals surface area contributed by atoms with Crippen molar-refractivity contribution in [2.75, 3.05) is 12.8 Å². The molecular formula is C13H10Cl2N2O3. The molecule has 104 valence electrons. The lowest BCUT2D eigenvalue weighted by Crippen LogP contribution is -2.08. The average Bonchev–Trinajstić information content (AvgIpc) is 2.42. The van der Waals surface area contributed by atoms with Gasteiger partial charge in [0.15, 0.2) is 11.4 Å². The quantitative estimate of drug-likeness (QED) is 0.907. The number of ether oxygens (including phenoxy) is 1. The van der Waals surface area contributed by atoms with Crippen LogP contribution in [-0.2, 0) is 0 Å². The van der Waals surface area contributed by atoms with Gasteiger partial charge in [0.2, 0.25) is 0 Å². The van der Waals surface area contributed by atoms with Crippen LogP contribution in [0.4, 0.5) is 5.69 Å². The van der Waals surface area contributed by atoms with Crippen molar-refractivity contribution in [2.45, 2.75) is 0 Å². The number of nitrogen functional groups attached to an aromatic ring is 1. The third-order valence-corrected chi connectivity index (χ3v) is 3.29. The molecule has 0 amide bonds. The van der Waals surface area contributed by atoms with Crippen molar-refractivity contribution >= 4 is 34.9 Å². The number of nitrogens with zero attached hydrogens (tertiary/aromatic N) is 1. The summed E-state index contributed by atoms with van der Waals surface area (Å²) in [5, 5.41) is 9.84. The van der Waals surface area contributed by atoms with Crippen LogP contribution in [0.5, 0.6) is 5.75 Å². The second-order valence-corrected chi connectivity index (χ2v) is 4.70. The largest absolute Gasteiger partial charge is 0.492 e. The van der Waals surface area contributed by atoms with Crippen molar-refractivity contribution in [1.29, 1.82) is 0 Å². The zero-order valence-corrected chi connectivity index (χ0v) is 11.9. The van der Waals surface area contributed by atoms with E-state index in [0.717, 1.165) is 0 Å². The number of aromatic nitrogens is 1. The van der Waals surface area contributed by atoms with E-state index in [2.05, 4.69) is 4.98 Å². The summed E-state index contributed by atoms with van der Waals surface area (Å²) in [6, 6.07) is 6.65. The number of rotatable bonds is 3. The number of methoxy groups -OCH3 is 1. The number of hydrogen-bond acceptors (Lipinski definition) is 4. The van der Waals surface area contributed by atoms with E-state index in [4.69, 9.17) is 38.8 Å². The van der Waals surface area contributed by atoms with Gasteiger partial charge in [-0.15, -0.1) is 0 Å². The van der Waals surface area contributed by atoms with Crippen LogP contribution in [0.2, 0.25) is 10.0 Å². The van der Waals surface area contributed by atoms with Crippen LogP contribution >= 0.6 is 23.2 Å². The van der Waals surface area contributed by atoms with Crippen LogP contribution in [0, 0.1) is 0 Å². The van der Waals surface area contributed by atoms with E-state index in [1.807, 2.05) is 0 Å².